The van der Waals surface area contributed by atoms with E-state index >= 15 is 0 Å². The van der Waals surface area contributed by atoms with Gasteiger partial charge in [-0.25, -0.2) is 0 Å². The zero-order chi connectivity index (χ0) is 10.4. The molecule has 0 aromatic carbocycles. The van der Waals surface area contributed by atoms with E-state index in [1.807, 2.05) is 6.92 Å². The van der Waals surface area contributed by atoms with Crippen LogP contribution in [-0.4, -0.2) is 38.5 Å². The average Bonchev–Trinajstić information content (AvgIpc) is 2.64. The Morgan fingerprint density at radius 3 is 2.79 bits per heavy atom. The van der Waals surface area contributed by atoms with Crippen molar-refractivity contribution < 1.29 is 9.47 Å². The van der Waals surface area contributed by atoms with Crippen LogP contribution >= 0.6 is 0 Å². The molecule has 0 spiro atoms. The SMILES string of the molecule is CCOCC(NC1CCOC1)C(C)C. The Morgan fingerprint density at radius 1 is 1.50 bits per heavy atom. The molecule has 2 unspecified atom stereocenters. The molecule has 3 nitrogen and oxygen atoms in total. The molecule has 0 saturated carbocycles. The monoisotopic (exact) mass is 201 g/mol. The van der Waals surface area contributed by atoms with E-state index in [9.17, 15) is 0 Å². The summed E-state index contributed by atoms with van der Waals surface area (Å²) in [6, 6.07) is 0.990. The fourth-order valence-electron chi connectivity index (χ4n) is 1.65. The molecular formula is C11H23NO2. The topological polar surface area (TPSA) is 30.5 Å². The zero-order valence-corrected chi connectivity index (χ0v) is 9.58. The summed E-state index contributed by atoms with van der Waals surface area (Å²) in [4.78, 5) is 0. The van der Waals surface area contributed by atoms with E-state index in [2.05, 4.69) is 19.2 Å². The lowest BCUT2D eigenvalue weighted by atomic mass is 10.0. The third-order valence-electron chi connectivity index (χ3n) is 2.69. The predicted molar refractivity (Wildman–Crippen MR) is 57.5 cm³/mol. The van der Waals surface area contributed by atoms with E-state index in [4.69, 9.17) is 9.47 Å². The summed E-state index contributed by atoms with van der Waals surface area (Å²) in [5, 5.41) is 3.60. The predicted octanol–water partition coefficient (Wildman–Crippen LogP) is 1.43. The summed E-state index contributed by atoms with van der Waals surface area (Å²) in [5.41, 5.74) is 0. The molecule has 14 heavy (non-hydrogen) atoms. The maximum Gasteiger partial charge on any atom is 0.0622 e. The molecule has 84 valence electrons. The maximum atomic E-state index is 5.46. The van der Waals surface area contributed by atoms with Gasteiger partial charge in [0, 0.05) is 25.3 Å². The number of rotatable bonds is 6. The van der Waals surface area contributed by atoms with Gasteiger partial charge in [-0.1, -0.05) is 13.8 Å². The van der Waals surface area contributed by atoms with Gasteiger partial charge < -0.3 is 14.8 Å². The Bertz CT molecular complexity index is 144. The number of nitrogens with one attached hydrogen (secondary N) is 1. The van der Waals surface area contributed by atoms with Crippen molar-refractivity contribution >= 4 is 0 Å². The first-order valence-corrected chi connectivity index (χ1v) is 5.65. The lowest BCUT2D eigenvalue weighted by Gasteiger charge is -2.25. The minimum Gasteiger partial charge on any atom is -0.380 e. The van der Waals surface area contributed by atoms with Crippen molar-refractivity contribution in [3.8, 4) is 0 Å². The molecule has 0 aromatic rings. The summed E-state index contributed by atoms with van der Waals surface area (Å²) in [6.07, 6.45) is 1.13. The van der Waals surface area contributed by atoms with Crippen molar-refractivity contribution in [2.45, 2.75) is 39.3 Å². The molecule has 1 aliphatic heterocycles. The van der Waals surface area contributed by atoms with Gasteiger partial charge in [0.1, 0.15) is 0 Å². The van der Waals surface area contributed by atoms with Crippen LogP contribution < -0.4 is 5.32 Å². The second kappa shape index (κ2) is 6.38. The van der Waals surface area contributed by atoms with E-state index in [1.165, 1.54) is 0 Å². The van der Waals surface area contributed by atoms with Crippen molar-refractivity contribution in [1.82, 2.24) is 5.32 Å². The quantitative estimate of drug-likeness (QED) is 0.705. The van der Waals surface area contributed by atoms with Crippen LogP contribution in [0, 0.1) is 5.92 Å². The molecule has 1 N–H and O–H groups in total. The summed E-state index contributed by atoms with van der Waals surface area (Å²) in [6.45, 7) is 9.86. The third-order valence-corrected chi connectivity index (χ3v) is 2.69. The lowest BCUT2D eigenvalue weighted by molar-refractivity contribution is 0.101. The van der Waals surface area contributed by atoms with Crippen LogP contribution in [0.15, 0.2) is 0 Å². The molecule has 0 aliphatic carbocycles. The average molecular weight is 201 g/mol. The van der Waals surface area contributed by atoms with Gasteiger partial charge in [0.25, 0.3) is 0 Å². The van der Waals surface area contributed by atoms with E-state index < -0.39 is 0 Å². The van der Waals surface area contributed by atoms with Crippen LogP contribution in [0.1, 0.15) is 27.2 Å². The summed E-state index contributed by atoms with van der Waals surface area (Å²) in [5.74, 6) is 0.613. The normalized spacial score (nSPS) is 24.4. The molecule has 1 heterocycles. The largest absolute Gasteiger partial charge is 0.380 e. The molecule has 3 heteroatoms. The number of hydrogen-bond acceptors (Lipinski definition) is 3. The van der Waals surface area contributed by atoms with Crippen LogP contribution in [0.2, 0.25) is 0 Å². The second-order valence-electron chi connectivity index (χ2n) is 4.24. The third kappa shape index (κ3) is 3.95. The van der Waals surface area contributed by atoms with Crippen molar-refractivity contribution in [2.24, 2.45) is 5.92 Å². The van der Waals surface area contributed by atoms with E-state index in [0.717, 1.165) is 32.8 Å². The van der Waals surface area contributed by atoms with Crippen LogP contribution in [0.25, 0.3) is 0 Å². The van der Waals surface area contributed by atoms with Gasteiger partial charge in [-0.15, -0.1) is 0 Å². The van der Waals surface area contributed by atoms with Gasteiger partial charge in [-0.05, 0) is 19.3 Å². The molecule has 1 fully saturated rings. The highest BCUT2D eigenvalue weighted by Gasteiger charge is 2.21. The first kappa shape index (κ1) is 12.0. The molecule has 2 atom stereocenters. The first-order chi connectivity index (χ1) is 6.74. The highest BCUT2D eigenvalue weighted by molar-refractivity contribution is 4.79. The molecule has 1 aliphatic rings. The summed E-state index contributed by atoms with van der Waals surface area (Å²) >= 11 is 0. The molecule has 0 amide bonds. The smallest absolute Gasteiger partial charge is 0.0622 e. The van der Waals surface area contributed by atoms with Crippen molar-refractivity contribution in [3.63, 3.8) is 0 Å². The van der Waals surface area contributed by atoms with Crippen LogP contribution in [0.3, 0.4) is 0 Å². The lowest BCUT2D eigenvalue weighted by Crippen LogP contribution is -2.44. The molecule has 0 aromatic heterocycles. The van der Waals surface area contributed by atoms with Gasteiger partial charge in [0.15, 0.2) is 0 Å². The number of hydrogen-bond donors (Lipinski definition) is 1. The summed E-state index contributed by atoms with van der Waals surface area (Å²) in [7, 11) is 0. The van der Waals surface area contributed by atoms with Gasteiger partial charge in [-0.3, -0.25) is 0 Å². The minimum atomic E-state index is 0.460. The standard InChI is InChI=1S/C11H23NO2/c1-4-13-8-11(9(2)3)12-10-5-6-14-7-10/h9-12H,4-8H2,1-3H3. The maximum absolute atomic E-state index is 5.46. The van der Waals surface area contributed by atoms with Gasteiger partial charge in [-0.2, -0.15) is 0 Å². The van der Waals surface area contributed by atoms with Crippen LogP contribution in [0.5, 0.6) is 0 Å². The molecular weight excluding hydrogens is 178 g/mol. The Labute approximate surface area is 87.2 Å². The van der Waals surface area contributed by atoms with Crippen molar-refractivity contribution in [3.05, 3.63) is 0 Å². The highest BCUT2D eigenvalue weighted by Crippen LogP contribution is 2.09. The van der Waals surface area contributed by atoms with Crippen molar-refractivity contribution in [2.75, 3.05) is 26.4 Å². The zero-order valence-electron chi connectivity index (χ0n) is 9.58. The van der Waals surface area contributed by atoms with E-state index in [-0.39, 0.29) is 0 Å². The fourth-order valence-corrected chi connectivity index (χ4v) is 1.65. The van der Waals surface area contributed by atoms with Crippen LogP contribution in [-0.2, 0) is 9.47 Å². The molecule has 1 rings (SSSR count). The summed E-state index contributed by atoms with van der Waals surface area (Å²) < 4.78 is 10.8. The van der Waals surface area contributed by atoms with Gasteiger partial charge in [0.05, 0.1) is 13.2 Å². The first-order valence-electron chi connectivity index (χ1n) is 5.65. The van der Waals surface area contributed by atoms with Gasteiger partial charge in [0.2, 0.25) is 0 Å². The molecule has 1 saturated heterocycles. The fraction of sp³-hybridized carbons (Fsp3) is 1.00. The Hall–Kier alpha value is -0.120. The highest BCUT2D eigenvalue weighted by atomic mass is 16.5. The molecule has 0 bridgehead atoms. The van der Waals surface area contributed by atoms with Crippen molar-refractivity contribution in [1.29, 1.82) is 0 Å². The van der Waals surface area contributed by atoms with Gasteiger partial charge >= 0.3 is 0 Å². The Kier molecular flexibility index (Phi) is 5.45. The molecule has 0 radical (unpaired) electrons. The second-order valence-corrected chi connectivity index (χ2v) is 4.24. The van der Waals surface area contributed by atoms with E-state index in [1.54, 1.807) is 0 Å². The Morgan fingerprint density at radius 2 is 2.29 bits per heavy atom. The van der Waals surface area contributed by atoms with Crippen LogP contribution in [0.4, 0.5) is 0 Å². The Balaban J connectivity index is 2.26. The van der Waals surface area contributed by atoms with E-state index in [0.29, 0.717) is 18.0 Å². The minimum absolute atomic E-state index is 0.460. The number of ether oxygens (including phenoxy) is 2.